The molecule has 0 aliphatic carbocycles. The molecule has 116 valence electrons. The summed E-state index contributed by atoms with van der Waals surface area (Å²) in [4.78, 5) is 18.4. The van der Waals surface area contributed by atoms with E-state index in [1.807, 2.05) is 19.9 Å². The van der Waals surface area contributed by atoms with E-state index in [4.69, 9.17) is 0 Å². The molecule has 2 aromatic rings. The van der Waals surface area contributed by atoms with Gasteiger partial charge in [-0.15, -0.1) is 0 Å². The van der Waals surface area contributed by atoms with Crippen LogP contribution in [0.2, 0.25) is 0 Å². The summed E-state index contributed by atoms with van der Waals surface area (Å²) in [6.45, 7) is 4.51. The summed E-state index contributed by atoms with van der Waals surface area (Å²) < 4.78 is 13.9. The first-order chi connectivity index (χ1) is 10.5. The maximum atomic E-state index is 13.9. The van der Waals surface area contributed by atoms with Crippen LogP contribution in [0, 0.1) is 11.7 Å². The zero-order valence-electron chi connectivity index (χ0n) is 13.0. The van der Waals surface area contributed by atoms with Crippen LogP contribution >= 0.6 is 0 Å². The van der Waals surface area contributed by atoms with Crippen LogP contribution in [0.5, 0.6) is 0 Å². The van der Waals surface area contributed by atoms with Gasteiger partial charge in [-0.3, -0.25) is 9.78 Å². The summed E-state index contributed by atoms with van der Waals surface area (Å²) >= 11 is 0. The Morgan fingerprint density at radius 1 is 1.32 bits per heavy atom. The summed E-state index contributed by atoms with van der Waals surface area (Å²) in [6, 6.07) is 7.85. The largest absolute Gasteiger partial charge is 0.387 e. The number of hydrogen-bond donors (Lipinski definition) is 1. The van der Waals surface area contributed by atoms with E-state index in [0.29, 0.717) is 12.2 Å². The molecule has 0 unspecified atom stereocenters. The third kappa shape index (κ3) is 3.61. The Morgan fingerprint density at radius 2 is 2.05 bits per heavy atom. The number of carbonyl (C=O) groups excluding carboxylic acids is 1. The summed E-state index contributed by atoms with van der Waals surface area (Å²) in [5, 5.41) is 2.99. The molecule has 0 radical (unpaired) electrons. The highest BCUT2D eigenvalue weighted by Gasteiger charge is 2.21. The molecule has 1 amide bonds. The van der Waals surface area contributed by atoms with Crippen LogP contribution < -0.4 is 10.2 Å². The van der Waals surface area contributed by atoms with E-state index in [1.165, 1.54) is 12.1 Å². The van der Waals surface area contributed by atoms with Gasteiger partial charge in [-0.05, 0) is 24.1 Å². The molecule has 0 aliphatic heterocycles. The third-order valence-corrected chi connectivity index (χ3v) is 3.22. The van der Waals surface area contributed by atoms with Gasteiger partial charge in [0.05, 0.1) is 29.3 Å². The number of nitrogens with zero attached hydrogens (tertiary/aromatic N) is 2. The van der Waals surface area contributed by atoms with Gasteiger partial charge in [-0.2, -0.15) is 0 Å². The monoisotopic (exact) mass is 301 g/mol. The zero-order chi connectivity index (χ0) is 16.1. The van der Waals surface area contributed by atoms with Crippen molar-refractivity contribution in [2.75, 3.05) is 23.8 Å². The lowest BCUT2D eigenvalue weighted by molar-refractivity contribution is 0.0980. The van der Waals surface area contributed by atoms with Crippen molar-refractivity contribution in [3.63, 3.8) is 0 Å². The van der Waals surface area contributed by atoms with Crippen molar-refractivity contribution in [2.45, 2.75) is 13.8 Å². The van der Waals surface area contributed by atoms with Gasteiger partial charge in [0.2, 0.25) is 0 Å². The van der Waals surface area contributed by atoms with Crippen molar-refractivity contribution in [1.82, 2.24) is 4.98 Å². The van der Waals surface area contributed by atoms with Gasteiger partial charge in [0.15, 0.2) is 0 Å². The molecule has 1 aromatic heterocycles. The number of nitrogens with one attached hydrogen (secondary N) is 1. The number of pyridine rings is 1. The minimum Gasteiger partial charge on any atom is -0.387 e. The predicted molar refractivity (Wildman–Crippen MR) is 86.7 cm³/mol. The standard InChI is InChI=1S/C17H20FN3O/c1-12(2)11-21(14-8-13(19-3)9-20-10-14)17(22)15-6-4-5-7-16(15)18/h4-10,12,19H,11H2,1-3H3. The maximum absolute atomic E-state index is 13.9. The van der Waals surface area contributed by atoms with Crippen LogP contribution in [0.1, 0.15) is 24.2 Å². The fourth-order valence-corrected chi connectivity index (χ4v) is 2.16. The Labute approximate surface area is 130 Å². The molecule has 0 spiro atoms. The van der Waals surface area contributed by atoms with Crippen molar-refractivity contribution in [3.8, 4) is 0 Å². The average Bonchev–Trinajstić information content (AvgIpc) is 2.52. The molecule has 0 fully saturated rings. The van der Waals surface area contributed by atoms with Gasteiger partial charge in [0.25, 0.3) is 5.91 Å². The topological polar surface area (TPSA) is 45.2 Å². The minimum absolute atomic E-state index is 0.0676. The van der Waals surface area contributed by atoms with Gasteiger partial charge in [0, 0.05) is 13.6 Å². The lowest BCUT2D eigenvalue weighted by atomic mass is 10.1. The molecule has 0 saturated carbocycles. The Kier molecular flexibility index (Phi) is 5.09. The first-order valence-corrected chi connectivity index (χ1v) is 7.22. The smallest absolute Gasteiger partial charge is 0.261 e. The summed E-state index contributed by atoms with van der Waals surface area (Å²) in [5.41, 5.74) is 1.51. The van der Waals surface area contributed by atoms with Crippen molar-refractivity contribution >= 4 is 17.3 Å². The number of rotatable bonds is 5. The molecule has 22 heavy (non-hydrogen) atoms. The van der Waals surface area contributed by atoms with Gasteiger partial charge < -0.3 is 10.2 Å². The molecule has 1 aromatic carbocycles. The van der Waals surface area contributed by atoms with Crippen LogP contribution in [0.25, 0.3) is 0 Å². The number of halogens is 1. The second-order valence-electron chi connectivity index (χ2n) is 5.47. The highest BCUT2D eigenvalue weighted by atomic mass is 19.1. The molecule has 5 heteroatoms. The van der Waals surface area contributed by atoms with Crippen LogP contribution in [0.4, 0.5) is 15.8 Å². The van der Waals surface area contributed by atoms with Crippen molar-refractivity contribution in [1.29, 1.82) is 0 Å². The van der Waals surface area contributed by atoms with Crippen LogP contribution in [-0.2, 0) is 0 Å². The molecule has 0 aliphatic rings. The van der Waals surface area contributed by atoms with Gasteiger partial charge in [-0.1, -0.05) is 26.0 Å². The fourth-order valence-electron chi connectivity index (χ4n) is 2.16. The number of carbonyl (C=O) groups is 1. The van der Waals surface area contributed by atoms with E-state index < -0.39 is 5.82 Å². The number of hydrogen-bond acceptors (Lipinski definition) is 3. The van der Waals surface area contributed by atoms with Gasteiger partial charge in [-0.25, -0.2) is 4.39 Å². The van der Waals surface area contributed by atoms with E-state index in [9.17, 15) is 9.18 Å². The second kappa shape index (κ2) is 7.02. The molecule has 1 heterocycles. The molecule has 0 saturated heterocycles. The first kappa shape index (κ1) is 15.9. The van der Waals surface area contributed by atoms with Crippen LogP contribution in [0.15, 0.2) is 42.7 Å². The highest BCUT2D eigenvalue weighted by molar-refractivity contribution is 6.06. The van der Waals surface area contributed by atoms with Gasteiger partial charge in [0.1, 0.15) is 5.82 Å². The molecular weight excluding hydrogens is 281 g/mol. The van der Waals surface area contributed by atoms with E-state index >= 15 is 0 Å². The number of anilines is 2. The number of aromatic nitrogens is 1. The molecule has 0 bridgehead atoms. The zero-order valence-corrected chi connectivity index (χ0v) is 13.0. The number of benzene rings is 1. The van der Waals surface area contributed by atoms with E-state index in [0.717, 1.165) is 5.69 Å². The summed E-state index contributed by atoms with van der Waals surface area (Å²) in [7, 11) is 1.78. The first-order valence-electron chi connectivity index (χ1n) is 7.22. The molecule has 2 rings (SSSR count). The molecule has 0 atom stereocenters. The van der Waals surface area contributed by atoms with Crippen LogP contribution in [0.3, 0.4) is 0 Å². The highest BCUT2D eigenvalue weighted by Crippen LogP contribution is 2.22. The quantitative estimate of drug-likeness (QED) is 0.918. The molecular formula is C17H20FN3O. The minimum atomic E-state index is -0.515. The lowest BCUT2D eigenvalue weighted by Gasteiger charge is -2.25. The third-order valence-electron chi connectivity index (χ3n) is 3.22. The van der Waals surface area contributed by atoms with Crippen LogP contribution in [-0.4, -0.2) is 24.5 Å². The van der Waals surface area contributed by atoms with Gasteiger partial charge >= 0.3 is 0 Å². The van der Waals surface area contributed by atoms with E-state index in [-0.39, 0.29) is 17.4 Å². The molecule has 1 N–H and O–H groups in total. The Balaban J connectivity index is 2.41. The number of amides is 1. The summed E-state index contributed by atoms with van der Waals surface area (Å²) in [5.74, 6) is -0.630. The summed E-state index contributed by atoms with van der Waals surface area (Å²) in [6.07, 6.45) is 3.28. The Bertz CT molecular complexity index is 658. The van der Waals surface area contributed by atoms with Crippen molar-refractivity contribution in [2.24, 2.45) is 5.92 Å². The fraction of sp³-hybridized carbons (Fsp3) is 0.294. The average molecular weight is 301 g/mol. The predicted octanol–water partition coefficient (Wildman–Crippen LogP) is 3.57. The van der Waals surface area contributed by atoms with Crippen molar-refractivity contribution < 1.29 is 9.18 Å². The molecule has 4 nitrogen and oxygen atoms in total. The van der Waals surface area contributed by atoms with E-state index in [2.05, 4.69) is 10.3 Å². The second-order valence-corrected chi connectivity index (χ2v) is 5.47. The Morgan fingerprint density at radius 3 is 2.68 bits per heavy atom. The normalized spacial score (nSPS) is 10.6. The van der Waals surface area contributed by atoms with E-state index in [1.54, 1.807) is 36.5 Å². The maximum Gasteiger partial charge on any atom is 0.261 e. The van der Waals surface area contributed by atoms with Crippen molar-refractivity contribution in [3.05, 3.63) is 54.1 Å². The SMILES string of the molecule is CNc1cncc(N(CC(C)C)C(=O)c2ccccc2F)c1. The lowest BCUT2D eigenvalue weighted by Crippen LogP contribution is -2.35. The Hall–Kier alpha value is -2.43.